The number of carbonyl (C=O) groups is 1. The average molecular weight is 510 g/mol. The number of nitrogens with one attached hydrogen (secondary N) is 1. The molecule has 5 rings (SSSR count). The summed E-state index contributed by atoms with van der Waals surface area (Å²) in [6.45, 7) is 0.593. The summed E-state index contributed by atoms with van der Waals surface area (Å²) in [5.74, 6) is 0.304. The zero-order chi connectivity index (χ0) is 25.8. The summed E-state index contributed by atoms with van der Waals surface area (Å²) in [6, 6.07) is 22.0. The lowest BCUT2D eigenvalue weighted by Gasteiger charge is -2.22. The molecule has 185 valence electrons. The summed E-state index contributed by atoms with van der Waals surface area (Å²) in [5.41, 5.74) is 10.0. The van der Waals surface area contributed by atoms with E-state index in [9.17, 15) is 9.90 Å². The molecule has 0 saturated carbocycles. The van der Waals surface area contributed by atoms with Gasteiger partial charge in [0.1, 0.15) is 11.6 Å². The number of rotatable bonds is 8. The van der Waals surface area contributed by atoms with Crippen molar-refractivity contribution in [1.29, 1.82) is 0 Å². The van der Waals surface area contributed by atoms with Crippen LogP contribution in [0, 0.1) is 0 Å². The molecule has 0 bridgehead atoms. The topological polar surface area (TPSA) is 113 Å². The van der Waals surface area contributed by atoms with Gasteiger partial charge in [0, 0.05) is 42.3 Å². The van der Waals surface area contributed by atoms with Crippen molar-refractivity contribution in [2.75, 3.05) is 12.8 Å². The summed E-state index contributed by atoms with van der Waals surface area (Å²) in [7, 11) is 3.13. The highest BCUT2D eigenvalue weighted by atomic mass is 32.1. The van der Waals surface area contributed by atoms with Gasteiger partial charge in [-0.05, 0) is 41.5 Å². The molecule has 2 aromatic carbocycles. The van der Waals surface area contributed by atoms with Crippen molar-refractivity contribution in [3.63, 3.8) is 0 Å². The fourth-order valence-corrected chi connectivity index (χ4v) is 5.32. The third-order valence-electron chi connectivity index (χ3n) is 6.13. The second kappa shape index (κ2) is 11.0. The van der Waals surface area contributed by atoms with Crippen LogP contribution in [0.4, 0.5) is 5.82 Å². The first kappa shape index (κ1) is 24.7. The zero-order valence-electron chi connectivity index (χ0n) is 20.2. The molecule has 1 atom stereocenters. The molecule has 8 nitrogen and oxygen atoms in total. The van der Waals surface area contributed by atoms with Gasteiger partial charge in [-0.1, -0.05) is 42.5 Å². The van der Waals surface area contributed by atoms with E-state index in [1.165, 1.54) is 16.3 Å². The van der Waals surface area contributed by atoms with Gasteiger partial charge in [-0.3, -0.25) is 4.79 Å². The predicted octanol–water partition coefficient (Wildman–Crippen LogP) is 4.36. The van der Waals surface area contributed by atoms with E-state index >= 15 is 0 Å². The Morgan fingerprint density at radius 1 is 1.16 bits per heavy atom. The smallest absolute Gasteiger partial charge is 0.395 e. The second-order valence-corrected chi connectivity index (χ2v) is 9.59. The molecule has 1 amide bonds. The van der Waals surface area contributed by atoms with Gasteiger partial charge in [0.25, 0.3) is 5.91 Å². The van der Waals surface area contributed by atoms with Crippen LogP contribution in [0.15, 0.2) is 84.1 Å². The number of nitrogen functional groups attached to an aromatic ring is 1. The van der Waals surface area contributed by atoms with Crippen molar-refractivity contribution in [2.24, 2.45) is 5.10 Å². The third kappa shape index (κ3) is 5.26. The number of phenols is 1. The average Bonchev–Trinajstić information content (AvgIpc) is 3.58. The lowest BCUT2D eigenvalue weighted by molar-refractivity contribution is 0.0714. The molecule has 1 aliphatic rings. The fourth-order valence-electron chi connectivity index (χ4n) is 4.32. The molecule has 1 unspecified atom stereocenters. The molecule has 0 spiro atoms. The molecule has 10 heteroatoms. The number of pyridine rings is 1. The first-order valence-electron chi connectivity index (χ1n) is 11.7. The Hall–Kier alpha value is -3.99. The Labute approximate surface area is 219 Å². The van der Waals surface area contributed by atoms with Crippen LogP contribution in [-0.2, 0) is 11.2 Å². The van der Waals surface area contributed by atoms with Gasteiger partial charge >= 0.3 is 7.62 Å². The standard InChI is InChI=1S/C27H25BN5O3S/c1-36-28-31-16-17-6-2-3-7-19(17)24-11-12-25(37-24)27(35)33-22(20-8-4-5-9-23(20)34)14-21(32-33)18-10-13-26(29)30-15-18/h2-13,15,22,31,34H,14,16H2,1H3,(H2,29,30). The molecular weight excluding hydrogens is 485 g/mol. The van der Waals surface area contributed by atoms with Crippen LogP contribution in [0.1, 0.15) is 38.8 Å². The van der Waals surface area contributed by atoms with Gasteiger partial charge in [-0.25, -0.2) is 9.99 Å². The lowest BCUT2D eigenvalue weighted by atomic mass is 9.98. The van der Waals surface area contributed by atoms with Gasteiger partial charge in [-0.15, -0.1) is 11.3 Å². The van der Waals surface area contributed by atoms with Crippen molar-refractivity contribution in [1.82, 2.24) is 15.2 Å². The number of benzene rings is 2. The van der Waals surface area contributed by atoms with Crippen LogP contribution < -0.4 is 11.0 Å². The summed E-state index contributed by atoms with van der Waals surface area (Å²) >= 11 is 1.41. The number of aromatic hydroxyl groups is 1. The first-order chi connectivity index (χ1) is 18.0. The number of aromatic nitrogens is 1. The molecule has 4 aromatic rings. The Morgan fingerprint density at radius 2 is 1.97 bits per heavy atom. The van der Waals surface area contributed by atoms with Gasteiger partial charge in [0.05, 0.1) is 16.6 Å². The van der Waals surface area contributed by atoms with Gasteiger partial charge in [0.15, 0.2) is 0 Å². The summed E-state index contributed by atoms with van der Waals surface area (Å²) < 4.78 is 4.98. The van der Waals surface area contributed by atoms with Crippen molar-refractivity contribution in [3.05, 3.63) is 101 Å². The lowest BCUT2D eigenvalue weighted by Crippen LogP contribution is -2.26. The highest BCUT2D eigenvalue weighted by molar-refractivity contribution is 7.17. The Balaban J connectivity index is 1.47. The van der Waals surface area contributed by atoms with Crippen LogP contribution in [-0.4, -0.2) is 41.4 Å². The molecule has 0 fully saturated rings. The number of carbonyl (C=O) groups excluding carboxylic acids is 1. The molecule has 0 aliphatic carbocycles. The van der Waals surface area contributed by atoms with Crippen LogP contribution in [0.3, 0.4) is 0 Å². The van der Waals surface area contributed by atoms with Crippen molar-refractivity contribution in [3.8, 4) is 16.2 Å². The number of para-hydroxylation sites is 1. The van der Waals surface area contributed by atoms with Crippen LogP contribution in [0.2, 0.25) is 0 Å². The number of hydrazone groups is 1. The highest BCUT2D eigenvalue weighted by Gasteiger charge is 2.35. The van der Waals surface area contributed by atoms with Crippen molar-refractivity contribution < 1.29 is 14.6 Å². The molecule has 0 saturated heterocycles. The van der Waals surface area contributed by atoms with E-state index in [0.717, 1.165) is 21.6 Å². The number of hydrogen-bond donors (Lipinski definition) is 3. The molecule has 4 N–H and O–H groups in total. The van der Waals surface area contributed by atoms with E-state index in [1.807, 2.05) is 54.6 Å². The van der Waals surface area contributed by atoms with Gasteiger partial charge in [0.2, 0.25) is 0 Å². The van der Waals surface area contributed by atoms with E-state index in [0.29, 0.717) is 34.9 Å². The molecule has 1 aliphatic heterocycles. The van der Waals surface area contributed by atoms with Gasteiger partial charge < -0.3 is 20.7 Å². The summed E-state index contributed by atoms with van der Waals surface area (Å²) in [4.78, 5) is 19.5. The minimum atomic E-state index is -0.451. The second-order valence-electron chi connectivity index (χ2n) is 8.50. The largest absolute Gasteiger partial charge is 0.508 e. The van der Waals surface area contributed by atoms with Crippen LogP contribution >= 0.6 is 11.3 Å². The number of phenolic OH excluding ortho intramolecular Hbond substituents is 1. The summed E-state index contributed by atoms with van der Waals surface area (Å²) in [6.07, 6.45) is 2.09. The first-order valence-corrected chi connectivity index (χ1v) is 12.5. The zero-order valence-corrected chi connectivity index (χ0v) is 21.0. The SMILES string of the molecule is CO[B]NCc1ccccc1-c1ccc(C(=O)N2N=C(c3ccc(N)nc3)CC2c2ccccc2O)s1. The van der Waals surface area contributed by atoms with Crippen molar-refractivity contribution >= 4 is 36.4 Å². The molecule has 2 aromatic heterocycles. The van der Waals surface area contributed by atoms with E-state index in [2.05, 4.69) is 10.2 Å². The van der Waals surface area contributed by atoms with E-state index < -0.39 is 6.04 Å². The maximum absolute atomic E-state index is 13.8. The predicted molar refractivity (Wildman–Crippen MR) is 146 cm³/mol. The number of anilines is 1. The highest BCUT2D eigenvalue weighted by Crippen LogP contribution is 2.39. The number of nitrogens with two attached hydrogens (primary N) is 1. The minimum absolute atomic E-state index is 0.123. The van der Waals surface area contributed by atoms with Gasteiger partial charge in [-0.2, -0.15) is 5.10 Å². The van der Waals surface area contributed by atoms with Crippen molar-refractivity contribution in [2.45, 2.75) is 19.0 Å². The number of thiophene rings is 1. The Morgan fingerprint density at radius 3 is 2.76 bits per heavy atom. The molecule has 1 radical (unpaired) electrons. The number of nitrogens with zero attached hydrogens (tertiary/aromatic N) is 3. The maximum Gasteiger partial charge on any atom is 0.395 e. The number of amides is 1. The minimum Gasteiger partial charge on any atom is -0.508 e. The quantitative estimate of drug-likeness (QED) is 0.240. The summed E-state index contributed by atoms with van der Waals surface area (Å²) in [5, 5.41) is 19.9. The normalized spacial score (nSPS) is 15.0. The molecule has 3 heterocycles. The van der Waals surface area contributed by atoms with E-state index in [4.69, 9.17) is 15.5 Å². The van der Waals surface area contributed by atoms with E-state index in [-0.39, 0.29) is 11.7 Å². The molecular formula is C27H25BN5O3S. The maximum atomic E-state index is 13.8. The van der Waals surface area contributed by atoms with Crippen LogP contribution in [0.5, 0.6) is 5.75 Å². The monoisotopic (exact) mass is 510 g/mol. The number of hydrogen-bond acceptors (Lipinski definition) is 8. The van der Waals surface area contributed by atoms with E-state index in [1.54, 1.807) is 39.1 Å². The third-order valence-corrected chi connectivity index (χ3v) is 7.23. The van der Waals surface area contributed by atoms with Crippen LogP contribution in [0.25, 0.3) is 10.4 Å². The fraction of sp³-hybridized carbons (Fsp3) is 0.148. The Bertz CT molecular complexity index is 1440. The Kier molecular flexibility index (Phi) is 7.31. The molecule has 37 heavy (non-hydrogen) atoms.